The first-order valence-corrected chi connectivity index (χ1v) is 8.43. The molecule has 1 N–H and O–H groups in total. The van der Waals surface area contributed by atoms with Crippen molar-refractivity contribution in [1.29, 1.82) is 0 Å². The molecule has 0 spiro atoms. The van der Waals surface area contributed by atoms with Gasteiger partial charge in [0.25, 0.3) is 0 Å². The summed E-state index contributed by atoms with van der Waals surface area (Å²) < 4.78 is 0. The summed E-state index contributed by atoms with van der Waals surface area (Å²) in [7, 11) is 0. The predicted octanol–water partition coefficient (Wildman–Crippen LogP) is 1.35. The van der Waals surface area contributed by atoms with Gasteiger partial charge >= 0.3 is 0 Å². The van der Waals surface area contributed by atoms with Crippen LogP contribution in [0.4, 0.5) is 0 Å². The Hall–Kier alpha value is -1.39. The van der Waals surface area contributed by atoms with Crippen molar-refractivity contribution >= 4 is 5.91 Å². The van der Waals surface area contributed by atoms with Crippen molar-refractivity contribution in [2.45, 2.75) is 32.7 Å². The maximum atomic E-state index is 12.6. The highest BCUT2D eigenvalue weighted by Crippen LogP contribution is 2.19. The summed E-state index contributed by atoms with van der Waals surface area (Å²) in [5.74, 6) is 0.287. The quantitative estimate of drug-likeness (QED) is 0.915. The number of amides is 1. The molecule has 1 aromatic rings. The van der Waals surface area contributed by atoms with Gasteiger partial charge in [-0.3, -0.25) is 9.69 Å². The molecule has 2 fully saturated rings. The molecule has 0 saturated carbocycles. The van der Waals surface area contributed by atoms with Crippen molar-refractivity contribution in [3.05, 3.63) is 34.9 Å². The zero-order chi connectivity index (χ0) is 15.5. The normalized spacial score (nSPS) is 23.0. The van der Waals surface area contributed by atoms with Crippen LogP contribution in [0.5, 0.6) is 0 Å². The molecule has 2 heterocycles. The highest BCUT2D eigenvalue weighted by Gasteiger charge is 2.30. The van der Waals surface area contributed by atoms with Crippen LogP contribution < -0.4 is 5.32 Å². The molecule has 120 valence electrons. The van der Waals surface area contributed by atoms with E-state index in [0.717, 1.165) is 45.7 Å². The van der Waals surface area contributed by atoms with Crippen molar-refractivity contribution in [2.75, 3.05) is 39.3 Å². The van der Waals surface area contributed by atoms with Gasteiger partial charge in [0, 0.05) is 45.3 Å². The van der Waals surface area contributed by atoms with Gasteiger partial charge in [-0.25, -0.2) is 0 Å². The number of rotatable bonds is 3. The second kappa shape index (κ2) is 6.80. The maximum absolute atomic E-state index is 12.6. The van der Waals surface area contributed by atoms with Gasteiger partial charge in [-0.2, -0.15) is 0 Å². The third kappa shape index (κ3) is 3.33. The lowest BCUT2D eigenvalue weighted by molar-refractivity contribution is -0.129. The highest BCUT2D eigenvalue weighted by atomic mass is 16.2. The fourth-order valence-electron chi connectivity index (χ4n) is 3.70. The Morgan fingerprint density at radius 3 is 2.55 bits per heavy atom. The number of carbonyl (C=O) groups excluding carboxylic acids is 1. The molecule has 1 unspecified atom stereocenters. The minimum atomic E-state index is 0.287. The second-order valence-electron chi connectivity index (χ2n) is 6.62. The smallest absolute Gasteiger partial charge is 0.227 e. The van der Waals surface area contributed by atoms with Crippen molar-refractivity contribution in [2.24, 2.45) is 0 Å². The van der Waals surface area contributed by atoms with Crippen LogP contribution in [0, 0.1) is 13.8 Å². The van der Waals surface area contributed by atoms with Gasteiger partial charge in [0.2, 0.25) is 5.91 Å². The Balaban J connectivity index is 1.59. The number of aryl methyl sites for hydroxylation is 2. The van der Waals surface area contributed by atoms with E-state index in [1.165, 1.54) is 16.7 Å². The molecule has 2 aliphatic heterocycles. The first-order chi connectivity index (χ1) is 10.6. The minimum absolute atomic E-state index is 0.287. The average Bonchev–Trinajstić information content (AvgIpc) is 3.02. The molecule has 4 heteroatoms. The van der Waals surface area contributed by atoms with Crippen LogP contribution in [-0.4, -0.2) is 61.0 Å². The van der Waals surface area contributed by atoms with Crippen LogP contribution in [0.1, 0.15) is 23.1 Å². The largest absolute Gasteiger partial charge is 0.341 e. The summed E-state index contributed by atoms with van der Waals surface area (Å²) in [4.78, 5) is 17.3. The fourth-order valence-corrected chi connectivity index (χ4v) is 3.70. The van der Waals surface area contributed by atoms with E-state index < -0.39 is 0 Å². The molecule has 0 radical (unpaired) electrons. The molecule has 4 nitrogen and oxygen atoms in total. The molecule has 3 rings (SSSR count). The molecule has 1 amide bonds. The molecule has 0 aliphatic carbocycles. The summed E-state index contributed by atoms with van der Waals surface area (Å²) in [5, 5.41) is 3.40. The summed E-state index contributed by atoms with van der Waals surface area (Å²) in [5.41, 5.74) is 3.66. The van der Waals surface area contributed by atoms with Crippen LogP contribution in [0.15, 0.2) is 18.2 Å². The Morgan fingerprint density at radius 1 is 1.18 bits per heavy atom. The summed E-state index contributed by atoms with van der Waals surface area (Å²) in [6, 6.07) is 6.82. The van der Waals surface area contributed by atoms with Gasteiger partial charge in [-0.05, 0) is 37.0 Å². The predicted molar refractivity (Wildman–Crippen MR) is 89.0 cm³/mol. The molecule has 2 aliphatic rings. The zero-order valence-corrected chi connectivity index (χ0v) is 13.8. The Morgan fingerprint density at radius 2 is 1.86 bits per heavy atom. The number of hydrogen-bond donors (Lipinski definition) is 1. The van der Waals surface area contributed by atoms with E-state index in [9.17, 15) is 4.79 Å². The topological polar surface area (TPSA) is 35.6 Å². The monoisotopic (exact) mass is 301 g/mol. The molecule has 22 heavy (non-hydrogen) atoms. The maximum Gasteiger partial charge on any atom is 0.227 e. The van der Waals surface area contributed by atoms with E-state index in [2.05, 4.69) is 47.2 Å². The minimum Gasteiger partial charge on any atom is -0.341 e. The average molecular weight is 301 g/mol. The van der Waals surface area contributed by atoms with Gasteiger partial charge < -0.3 is 10.2 Å². The molecule has 0 aromatic heterocycles. The van der Waals surface area contributed by atoms with E-state index in [1.807, 2.05) is 0 Å². The number of carbonyl (C=O) groups is 1. The zero-order valence-electron chi connectivity index (χ0n) is 13.8. The molecular weight excluding hydrogens is 274 g/mol. The van der Waals surface area contributed by atoms with Crippen molar-refractivity contribution in [3.8, 4) is 0 Å². The van der Waals surface area contributed by atoms with E-state index in [4.69, 9.17) is 0 Å². The number of piperazine rings is 1. The van der Waals surface area contributed by atoms with Crippen LogP contribution in [0.3, 0.4) is 0 Å². The van der Waals surface area contributed by atoms with Gasteiger partial charge in [-0.1, -0.05) is 18.2 Å². The van der Waals surface area contributed by atoms with Gasteiger partial charge in [-0.15, -0.1) is 0 Å². The van der Waals surface area contributed by atoms with Crippen molar-refractivity contribution in [3.63, 3.8) is 0 Å². The molecule has 1 atom stereocenters. The molecule has 2 saturated heterocycles. The second-order valence-corrected chi connectivity index (χ2v) is 6.62. The van der Waals surface area contributed by atoms with E-state index in [1.54, 1.807) is 0 Å². The third-order valence-electron chi connectivity index (χ3n) is 5.16. The van der Waals surface area contributed by atoms with Crippen LogP contribution in [0.25, 0.3) is 0 Å². The lowest BCUT2D eigenvalue weighted by Crippen LogP contribution is -2.49. The Labute approximate surface area is 133 Å². The van der Waals surface area contributed by atoms with Gasteiger partial charge in [0.1, 0.15) is 0 Å². The van der Waals surface area contributed by atoms with Gasteiger partial charge in [0.05, 0.1) is 6.42 Å². The number of hydrogen-bond acceptors (Lipinski definition) is 3. The molecule has 0 bridgehead atoms. The lowest BCUT2D eigenvalue weighted by atomic mass is 10.00. The fraction of sp³-hybridized carbons (Fsp3) is 0.611. The van der Waals surface area contributed by atoms with Crippen LogP contribution in [0.2, 0.25) is 0 Å². The summed E-state index contributed by atoms with van der Waals surface area (Å²) in [6.45, 7) is 10.4. The Kier molecular flexibility index (Phi) is 4.79. The van der Waals surface area contributed by atoms with E-state index in [-0.39, 0.29) is 5.91 Å². The Bertz CT molecular complexity index is 517. The first kappa shape index (κ1) is 15.5. The number of nitrogens with one attached hydrogen (secondary N) is 1. The number of nitrogens with zero attached hydrogens (tertiary/aromatic N) is 2. The number of benzene rings is 1. The van der Waals surface area contributed by atoms with E-state index >= 15 is 0 Å². The standard InChI is InChI=1S/C18H27N3O/c1-14-4-3-5-15(2)17(14)12-18(22)21-9-6-16(13-21)20-10-7-19-8-11-20/h3-5,16,19H,6-13H2,1-2H3. The van der Waals surface area contributed by atoms with Crippen molar-refractivity contribution < 1.29 is 4.79 Å². The number of likely N-dealkylation sites (tertiary alicyclic amines) is 1. The van der Waals surface area contributed by atoms with Gasteiger partial charge in [0.15, 0.2) is 0 Å². The SMILES string of the molecule is Cc1cccc(C)c1CC(=O)N1CCC(N2CCNCC2)C1. The van der Waals surface area contributed by atoms with E-state index in [0.29, 0.717) is 12.5 Å². The summed E-state index contributed by atoms with van der Waals surface area (Å²) in [6.07, 6.45) is 1.67. The summed E-state index contributed by atoms with van der Waals surface area (Å²) >= 11 is 0. The van der Waals surface area contributed by atoms with Crippen molar-refractivity contribution in [1.82, 2.24) is 15.1 Å². The molecular formula is C18H27N3O. The molecule has 1 aromatic carbocycles. The van der Waals surface area contributed by atoms with Crippen LogP contribution in [-0.2, 0) is 11.2 Å². The third-order valence-corrected chi connectivity index (χ3v) is 5.16. The lowest BCUT2D eigenvalue weighted by Gasteiger charge is -2.32. The van der Waals surface area contributed by atoms with Crippen LogP contribution >= 0.6 is 0 Å². The first-order valence-electron chi connectivity index (χ1n) is 8.43. The highest BCUT2D eigenvalue weighted by molar-refractivity contribution is 5.79.